The second-order valence-electron chi connectivity index (χ2n) is 6.28. The summed E-state index contributed by atoms with van der Waals surface area (Å²) in [4.78, 5) is 11.1. The molecule has 2 heterocycles. The Balaban J connectivity index is 1.58. The van der Waals surface area contributed by atoms with E-state index in [2.05, 4.69) is 39.4 Å². The van der Waals surface area contributed by atoms with Crippen LogP contribution in [0.15, 0.2) is 28.6 Å². The molecule has 3 rings (SSSR count). The molecule has 0 radical (unpaired) electrons. The summed E-state index contributed by atoms with van der Waals surface area (Å²) in [6.07, 6.45) is 0. The predicted octanol–water partition coefficient (Wildman–Crippen LogP) is 3.20. The zero-order valence-corrected chi connectivity index (χ0v) is 15.9. The third kappa shape index (κ3) is 4.22. The van der Waals surface area contributed by atoms with Crippen molar-refractivity contribution in [2.24, 2.45) is 4.99 Å². The molecule has 0 amide bonds. The van der Waals surface area contributed by atoms with E-state index in [0.29, 0.717) is 19.3 Å². The molecule has 0 atom stereocenters. The van der Waals surface area contributed by atoms with Crippen LogP contribution in [0.1, 0.15) is 36.0 Å². The Morgan fingerprint density at radius 1 is 1.36 bits per heavy atom. The number of guanidine groups is 1. The van der Waals surface area contributed by atoms with Crippen molar-refractivity contribution in [1.82, 2.24) is 15.2 Å². The van der Waals surface area contributed by atoms with Crippen molar-refractivity contribution in [1.29, 1.82) is 0 Å². The summed E-state index contributed by atoms with van der Waals surface area (Å²) in [5.74, 6) is 2.90. The Labute approximate surface area is 152 Å². The van der Waals surface area contributed by atoms with E-state index in [1.54, 1.807) is 18.4 Å². The van der Waals surface area contributed by atoms with Gasteiger partial charge in [0, 0.05) is 31.9 Å². The molecule has 0 fully saturated rings. The highest BCUT2D eigenvalue weighted by molar-refractivity contribution is 7.09. The molecule has 0 bridgehead atoms. The molecule has 0 unspecified atom stereocenters. The lowest BCUT2D eigenvalue weighted by atomic mass is 10.2. The van der Waals surface area contributed by atoms with Crippen molar-refractivity contribution in [2.75, 3.05) is 20.9 Å². The first-order valence-corrected chi connectivity index (χ1v) is 9.19. The van der Waals surface area contributed by atoms with Gasteiger partial charge in [-0.05, 0) is 17.7 Å². The van der Waals surface area contributed by atoms with Gasteiger partial charge in [0.15, 0.2) is 17.5 Å². The summed E-state index contributed by atoms with van der Waals surface area (Å²) in [7, 11) is 3.81. The molecule has 25 heavy (non-hydrogen) atoms. The first kappa shape index (κ1) is 17.5. The number of fused-ring (bicyclic) bond motifs is 1. The molecule has 134 valence electrons. The highest BCUT2D eigenvalue weighted by Crippen LogP contribution is 2.32. The SMILES string of the molecule is CN=C(NCc1csc(C(C)C)n1)N(C)Cc1ccc2c(c1)OCO2. The monoisotopic (exact) mass is 360 g/mol. The Morgan fingerprint density at radius 2 is 2.16 bits per heavy atom. The Kier molecular flexibility index (Phi) is 5.43. The van der Waals surface area contributed by atoms with Crippen LogP contribution in [0.2, 0.25) is 0 Å². The van der Waals surface area contributed by atoms with E-state index >= 15 is 0 Å². The van der Waals surface area contributed by atoms with E-state index < -0.39 is 0 Å². The zero-order chi connectivity index (χ0) is 17.8. The third-order valence-corrected chi connectivity index (χ3v) is 5.12. The number of nitrogens with zero attached hydrogens (tertiary/aromatic N) is 3. The van der Waals surface area contributed by atoms with Crippen LogP contribution in [0.4, 0.5) is 0 Å². The average Bonchev–Trinajstić information content (AvgIpc) is 3.23. The summed E-state index contributed by atoms with van der Waals surface area (Å²) in [5, 5.41) is 6.65. The maximum atomic E-state index is 5.44. The summed E-state index contributed by atoms with van der Waals surface area (Å²) in [6, 6.07) is 6.01. The van der Waals surface area contributed by atoms with Crippen molar-refractivity contribution < 1.29 is 9.47 Å². The largest absolute Gasteiger partial charge is 0.454 e. The maximum Gasteiger partial charge on any atom is 0.231 e. The second kappa shape index (κ2) is 7.74. The van der Waals surface area contributed by atoms with Crippen LogP contribution < -0.4 is 14.8 Å². The highest BCUT2D eigenvalue weighted by Gasteiger charge is 2.15. The Morgan fingerprint density at radius 3 is 2.88 bits per heavy atom. The summed E-state index contributed by atoms with van der Waals surface area (Å²) in [5.41, 5.74) is 2.19. The van der Waals surface area contributed by atoms with Crippen molar-refractivity contribution in [2.45, 2.75) is 32.9 Å². The van der Waals surface area contributed by atoms with Gasteiger partial charge in [0.1, 0.15) is 0 Å². The van der Waals surface area contributed by atoms with E-state index in [4.69, 9.17) is 9.47 Å². The average molecular weight is 360 g/mol. The van der Waals surface area contributed by atoms with Crippen molar-refractivity contribution >= 4 is 17.3 Å². The molecule has 0 aliphatic carbocycles. The highest BCUT2D eigenvalue weighted by atomic mass is 32.1. The van der Waals surface area contributed by atoms with Crippen LogP contribution in [-0.4, -0.2) is 36.7 Å². The lowest BCUT2D eigenvalue weighted by Gasteiger charge is -2.22. The third-order valence-electron chi connectivity index (χ3n) is 3.92. The molecule has 7 heteroatoms. The van der Waals surface area contributed by atoms with Gasteiger partial charge in [0.2, 0.25) is 6.79 Å². The molecule has 6 nitrogen and oxygen atoms in total. The minimum atomic E-state index is 0.295. The molecular weight excluding hydrogens is 336 g/mol. The number of nitrogens with one attached hydrogen (secondary N) is 1. The van der Waals surface area contributed by atoms with Crippen LogP contribution in [-0.2, 0) is 13.1 Å². The lowest BCUT2D eigenvalue weighted by Crippen LogP contribution is -2.38. The number of benzene rings is 1. The van der Waals surface area contributed by atoms with Crippen LogP contribution in [0.25, 0.3) is 0 Å². The molecule has 1 aliphatic heterocycles. The number of rotatable bonds is 5. The summed E-state index contributed by atoms with van der Waals surface area (Å²) < 4.78 is 10.8. The minimum absolute atomic E-state index is 0.295. The number of ether oxygens (including phenoxy) is 2. The number of hydrogen-bond acceptors (Lipinski definition) is 5. The standard InChI is InChI=1S/C18H24N4O2S/c1-12(2)17-21-14(10-25-17)8-20-18(19-3)22(4)9-13-5-6-15-16(7-13)24-11-23-15/h5-7,10,12H,8-9,11H2,1-4H3,(H,19,20). The van der Waals surface area contributed by atoms with Crippen LogP contribution in [0, 0.1) is 0 Å². The molecular formula is C18H24N4O2S. The maximum absolute atomic E-state index is 5.44. The first-order valence-electron chi connectivity index (χ1n) is 8.31. The molecule has 0 saturated heterocycles. The first-order chi connectivity index (χ1) is 12.1. The summed E-state index contributed by atoms with van der Waals surface area (Å²) >= 11 is 1.71. The molecule has 0 spiro atoms. The summed E-state index contributed by atoms with van der Waals surface area (Å²) in [6.45, 7) is 6.01. The van der Waals surface area contributed by atoms with Crippen molar-refractivity contribution in [3.63, 3.8) is 0 Å². The zero-order valence-electron chi connectivity index (χ0n) is 15.1. The van der Waals surface area contributed by atoms with Crippen LogP contribution in [0.3, 0.4) is 0 Å². The second-order valence-corrected chi connectivity index (χ2v) is 7.17. The van der Waals surface area contributed by atoms with Gasteiger partial charge in [-0.25, -0.2) is 4.98 Å². The molecule has 1 N–H and O–H groups in total. The van der Waals surface area contributed by atoms with Gasteiger partial charge in [0.25, 0.3) is 0 Å². The quantitative estimate of drug-likeness (QED) is 0.655. The van der Waals surface area contributed by atoms with Gasteiger partial charge in [-0.2, -0.15) is 0 Å². The topological polar surface area (TPSA) is 59.0 Å². The van der Waals surface area contributed by atoms with Crippen molar-refractivity contribution in [3.8, 4) is 11.5 Å². The lowest BCUT2D eigenvalue weighted by molar-refractivity contribution is 0.174. The number of aromatic nitrogens is 1. The van der Waals surface area contributed by atoms with Gasteiger partial charge < -0.3 is 19.7 Å². The predicted molar refractivity (Wildman–Crippen MR) is 100 cm³/mol. The van der Waals surface area contributed by atoms with Crippen LogP contribution >= 0.6 is 11.3 Å². The van der Waals surface area contributed by atoms with E-state index in [0.717, 1.165) is 35.3 Å². The van der Waals surface area contributed by atoms with E-state index in [9.17, 15) is 0 Å². The fourth-order valence-electron chi connectivity index (χ4n) is 2.61. The van der Waals surface area contributed by atoms with E-state index in [-0.39, 0.29) is 0 Å². The Bertz CT molecular complexity index is 757. The minimum Gasteiger partial charge on any atom is -0.454 e. The van der Waals surface area contributed by atoms with E-state index in [1.165, 1.54) is 5.01 Å². The van der Waals surface area contributed by atoms with Gasteiger partial charge >= 0.3 is 0 Å². The molecule has 2 aromatic rings. The fraction of sp³-hybridized carbons (Fsp3) is 0.444. The van der Waals surface area contributed by atoms with Gasteiger partial charge in [-0.3, -0.25) is 4.99 Å². The van der Waals surface area contributed by atoms with Gasteiger partial charge in [-0.1, -0.05) is 19.9 Å². The Hall–Kier alpha value is -2.28. The normalized spacial score (nSPS) is 13.4. The van der Waals surface area contributed by atoms with Gasteiger partial charge in [0.05, 0.1) is 17.2 Å². The molecule has 0 saturated carbocycles. The number of thiazole rings is 1. The molecule has 1 aromatic heterocycles. The van der Waals surface area contributed by atoms with Crippen LogP contribution in [0.5, 0.6) is 11.5 Å². The van der Waals surface area contributed by atoms with E-state index in [1.807, 2.05) is 25.2 Å². The number of hydrogen-bond donors (Lipinski definition) is 1. The van der Waals surface area contributed by atoms with Crippen molar-refractivity contribution in [3.05, 3.63) is 39.8 Å². The van der Waals surface area contributed by atoms with Gasteiger partial charge in [-0.15, -0.1) is 11.3 Å². The fourth-order valence-corrected chi connectivity index (χ4v) is 3.45. The number of aliphatic imine (C=N–C) groups is 1. The molecule has 1 aliphatic rings. The smallest absolute Gasteiger partial charge is 0.231 e. The molecule has 1 aromatic carbocycles.